The van der Waals surface area contributed by atoms with E-state index in [1.54, 1.807) is 56.6 Å². The zero-order chi connectivity index (χ0) is 33.3. The number of quaternary nitrogens is 1. The van der Waals surface area contributed by atoms with Gasteiger partial charge in [0, 0.05) is 48.5 Å². The molecule has 1 atom stereocenters. The maximum Gasteiger partial charge on any atom is 0.339 e. The molecule has 6 rings (SSSR count). The molecular formula is C36H36N6O5. The third-order valence-corrected chi connectivity index (χ3v) is 8.26. The molecule has 1 amide bonds. The van der Waals surface area contributed by atoms with Crippen molar-refractivity contribution in [3.8, 4) is 28.6 Å². The van der Waals surface area contributed by atoms with E-state index in [9.17, 15) is 14.8 Å². The number of anilines is 2. The predicted octanol–water partition coefficient (Wildman–Crippen LogP) is 6.19. The number of para-hydroxylation sites is 1. The van der Waals surface area contributed by atoms with E-state index in [4.69, 9.17) is 14.9 Å². The normalized spacial score (nSPS) is 15.3. The second kappa shape index (κ2) is 12.6. The molecule has 0 saturated heterocycles. The fourth-order valence-electron chi connectivity index (χ4n) is 5.58. The van der Waals surface area contributed by atoms with Crippen molar-refractivity contribution < 1.29 is 18.9 Å². The Labute approximate surface area is 272 Å². The van der Waals surface area contributed by atoms with Gasteiger partial charge >= 0.3 is 5.69 Å². The third-order valence-electron chi connectivity index (χ3n) is 8.26. The Morgan fingerprint density at radius 2 is 1.85 bits per heavy atom. The maximum atomic E-state index is 14.4. The van der Waals surface area contributed by atoms with Gasteiger partial charge in [-0.05, 0) is 61.9 Å². The average molecular weight is 633 g/mol. The minimum atomic E-state index is -0.437. The largest absolute Gasteiger partial charge is 0.633 e. The third kappa shape index (κ3) is 6.54. The monoisotopic (exact) mass is 632 g/mol. The lowest BCUT2D eigenvalue weighted by atomic mass is 10.1. The molecule has 1 aromatic heterocycles. The quantitative estimate of drug-likeness (QED) is 0.0826. The number of imidazole rings is 1. The number of benzene rings is 3. The molecule has 11 nitrogen and oxygen atoms in total. The van der Waals surface area contributed by atoms with Crippen molar-refractivity contribution >= 4 is 23.1 Å². The van der Waals surface area contributed by atoms with E-state index >= 15 is 0 Å². The summed E-state index contributed by atoms with van der Waals surface area (Å²) in [6, 6.07) is 19.9. The fourth-order valence-corrected chi connectivity index (χ4v) is 5.58. The van der Waals surface area contributed by atoms with Crippen LogP contribution in [-0.2, 0) is 4.79 Å². The van der Waals surface area contributed by atoms with Gasteiger partial charge in [-0.3, -0.25) is 14.8 Å². The van der Waals surface area contributed by atoms with Gasteiger partial charge in [-0.2, -0.15) is 0 Å². The molecule has 1 saturated carbocycles. The van der Waals surface area contributed by atoms with Crippen molar-refractivity contribution in [3.05, 3.63) is 123 Å². The van der Waals surface area contributed by atoms with Crippen LogP contribution in [-0.4, -0.2) is 52.1 Å². The number of ether oxygens (including phenoxy) is 2. The molecule has 11 heteroatoms. The average Bonchev–Trinajstić information content (AvgIpc) is 3.87. The number of amides is 1. The lowest BCUT2D eigenvalue weighted by molar-refractivity contribution is -0.865. The second-order valence-corrected chi connectivity index (χ2v) is 11.8. The number of likely N-dealkylation sites (N-methyl/N-ethyl adjacent to an activating group) is 1. The van der Waals surface area contributed by atoms with E-state index in [2.05, 4.69) is 16.4 Å². The molecular weight excluding hydrogens is 596 g/mol. The number of aromatic nitrogens is 2. The molecule has 47 heavy (non-hydrogen) atoms. The van der Waals surface area contributed by atoms with Gasteiger partial charge in [0.2, 0.25) is 5.91 Å². The molecule has 0 radical (unpaired) electrons. The number of carbonyl (C=O) groups excluding carboxylic acids is 1. The molecule has 1 aliphatic carbocycles. The first-order valence-electron chi connectivity index (χ1n) is 15.3. The maximum absolute atomic E-state index is 14.4. The molecule has 0 bridgehead atoms. The van der Waals surface area contributed by atoms with E-state index in [0.29, 0.717) is 51.4 Å². The molecule has 1 unspecified atom stereocenters. The number of aryl methyl sites for hydroxylation is 1. The molecule has 0 spiro atoms. The van der Waals surface area contributed by atoms with Crippen molar-refractivity contribution in [3.63, 3.8) is 0 Å². The Hall–Kier alpha value is -5.61. The molecule has 3 N–H and O–H groups in total. The Morgan fingerprint density at radius 1 is 1.09 bits per heavy atom. The number of allylic oxidation sites excluding steroid dienone is 1. The topological polar surface area (TPSA) is 133 Å². The second-order valence-electron chi connectivity index (χ2n) is 11.8. The SMILES string of the molecule is COc1cc(NC(=O)/C=C/C[N+](C)([O-])C2CC2)cc(-n2c3c(n(-c4ccc(Oc5ccccc5)cc4C)c2=O)C(=N)C(C)=C=CN3)c1. The molecule has 240 valence electrons. The highest BCUT2D eigenvalue weighted by atomic mass is 16.5. The van der Waals surface area contributed by atoms with E-state index in [1.807, 2.05) is 43.3 Å². The summed E-state index contributed by atoms with van der Waals surface area (Å²) in [6.07, 6.45) is 6.31. The zero-order valence-corrected chi connectivity index (χ0v) is 26.7. The first kappa shape index (κ1) is 31.4. The Kier molecular flexibility index (Phi) is 8.44. The predicted molar refractivity (Wildman–Crippen MR) is 182 cm³/mol. The smallest absolute Gasteiger partial charge is 0.339 e. The minimum absolute atomic E-state index is 0.0951. The molecule has 2 aliphatic rings. The Balaban J connectivity index is 1.39. The van der Waals surface area contributed by atoms with Crippen LogP contribution in [0.2, 0.25) is 0 Å². The number of fused-ring (bicyclic) bond motifs is 1. The van der Waals surface area contributed by atoms with Crippen molar-refractivity contribution in [2.45, 2.75) is 32.7 Å². The summed E-state index contributed by atoms with van der Waals surface area (Å²) in [4.78, 5) is 27.3. The molecule has 3 aromatic carbocycles. The van der Waals surface area contributed by atoms with Crippen LogP contribution < -0.4 is 25.8 Å². The summed E-state index contributed by atoms with van der Waals surface area (Å²) in [5.74, 6) is 1.63. The highest BCUT2D eigenvalue weighted by molar-refractivity contribution is 6.13. The van der Waals surface area contributed by atoms with Gasteiger partial charge in [0.15, 0.2) is 0 Å². The van der Waals surface area contributed by atoms with Crippen LogP contribution in [0.25, 0.3) is 11.4 Å². The van der Waals surface area contributed by atoms with Crippen LogP contribution in [0.5, 0.6) is 17.2 Å². The number of hydrogen-bond acceptors (Lipinski definition) is 7. The van der Waals surface area contributed by atoms with Crippen LogP contribution >= 0.6 is 0 Å². The summed E-state index contributed by atoms with van der Waals surface area (Å²) >= 11 is 0. The summed E-state index contributed by atoms with van der Waals surface area (Å²) in [5.41, 5.74) is 5.74. The Bertz CT molecular complexity index is 2030. The number of rotatable bonds is 10. The number of hydroxylamine groups is 3. The van der Waals surface area contributed by atoms with Crippen molar-refractivity contribution in [2.24, 2.45) is 0 Å². The standard InChI is InChI=1S/C36H36N6O5/c1-23-16-17-38-35-34(33(23)37)41(31-15-14-29(19-24(31)2)47-28-9-6-5-7-10-28)36(44)40(35)26-20-25(21-30(22-26)46-4)39-32(43)11-8-18-42(3,45)27-12-13-27/h5-11,14-15,17,19-22,27,37-38H,12-13,18H2,1-4H3,(H,39,43)/b11-8+,37-33?. The molecule has 2 heterocycles. The van der Waals surface area contributed by atoms with Gasteiger partial charge < -0.3 is 30.0 Å². The fraction of sp³-hybridized carbons (Fsp3) is 0.222. The number of nitrogens with one attached hydrogen (secondary N) is 3. The van der Waals surface area contributed by atoms with Gasteiger partial charge in [0.1, 0.15) is 28.8 Å². The first-order chi connectivity index (χ1) is 22.6. The van der Waals surface area contributed by atoms with Crippen LogP contribution in [0.4, 0.5) is 11.5 Å². The van der Waals surface area contributed by atoms with Crippen molar-refractivity contribution in [1.29, 1.82) is 5.41 Å². The van der Waals surface area contributed by atoms with E-state index in [1.165, 1.54) is 22.3 Å². The van der Waals surface area contributed by atoms with Crippen LogP contribution in [0, 0.1) is 17.5 Å². The molecule has 1 aliphatic heterocycles. The summed E-state index contributed by atoms with van der Waals surface area (Å²) in [7, 11) is 3.12. The molecule has 1 fully saturated rings. The number of carbonyl (C=O) groups is 1. The van der Waals surface area contributed by atoms with Crippen LogP contribution in [0.3, 0.4) is 0 Å². The van der Waals surface area contributed by atoms with Gasteiger partial charge in [-0.25, -0.2) is 9.36 Å². The van der Waals surface area contributed by atoms with Crippen molar-refractivity contribution in [2.75, 3.05) is 31.3 Å². The lowest BCUT2D eigenvalue weighted by Crippen LogP contribution is -2.39. The molecule has 4 aromatic rings. The van der Waals surface area contributed by atoms with Crippen LogP contribution in [0.15, 0.2) is 101 Å². The number of nitrogens with zero attached hydrogens (tertiary/aromatic N) is 3. The highest BCUT2D eigenvalue weighted by Gasteiger charge is 2.34. The van der Waals surface area contributed by atoms with Crippen LogP contribution in [0.1, 0.15) is 31.0 Å². The van der Waals surface area contributed by atoms with E-state index < -0.39 is 16.2 Å². The van der Waals surface area contributed by atoms with E-state index in [-0.39, 0.29) is 18.3 Å². The zero-order valence-electron chi connectivity index (χ0n) is 26.7. The lowest BCUT2D eigenvalue weighted by Gasteiger charge is -2.38. The first-order valence-corrected chi connectivity index (χ1v) is 15.3. The summed E-state index contributed by atoms with van der Waals surface area (Å²) < 4.78 is 14.1. The van der Waals surface area contributed by atoms with Gasteiger partial charge in [0.05, 0.1) is 43.8 Å². The van der Waals surface area contributed by atoms with Crippen molar-refractivity contribution in [1.82, 2.24) is 9.13 Å². The Morgan fingerprint density at radius 3 is 2.55 bits per heavy atom. The minimum Gasteiger partial charge on any atom is -0.633 e. The number of methoxy groups -OCH3 is 1. The van der Waals surface area contributed by atoms with E-state index in [0.717, 1.165) is 18.4 Å². The summed E-state index contributed by atoms with van der Waals surface area (Å²) in [5, 5.41) is 27.6. The van der Waals surface area contributed by atoms with Gasteiger partial charge in [-0.1, -0.05) is 23.9 Å². The summed E-state index contributed by atoms with van der Waals surface area (Å²) in [6.45, 7) is 3.84. The highest BCUT2D eigenvalue weighted by Crippen LogP contribution is 2.33. The van der Waals surface area contributed by atoms with Gasteiger partial charge in [-0.15, -0.1) is 0 Å². The van der Waals surface area contributed by atoms with Gasteiger partial charge in [0.25, 0.3) is 0 Å². The number of hydrogen-bond donors (Lipinski definition) is 3.